The van der Waals surface area contributed by atoms with Crippen molar-refractivity contribution in [2.75, 3.05) is 12.3 Å². The van der Waals surface area contributed by atoms with Crippen molar-refractivity contribution in [3.8, 4) is 0 Å². The van der Waals surface area contributed by atoms with Crippen LogP contribution in [-0.2, 0) is 10.0 Å². The van der Waals surface area contributed by atoms with Crippen LogP contribution in [0.5, 0.6) is 0 Å². The maximum absolute atomic E-state index is 12.9. The van der Waals surface area contributed by atoms with Crippen molar-refractivity contribution in [2.24, 2.45) is 0 Å². The summed E-state index contributed by atoms with van der Waals surface area (Å²) < 4.78 is 28.5. The van der Waals surface area contributed by atoms with E-state index in [1.54, 1.807) is 16.4 Å². The van der Waals surface area contributed by atoms with Crippen LogP contribution in [0.3, 0.4) is 0 Å². The molecule has 1 fully saturated rings. The third kappa shape index (κ3) is 3.05. The Labute approximate surface area is 137 Å². The average Bonchev–Trinajstić information content (AvgIpc) is 2.37. The first-order chi connectivity index (χ1) is 9.37. The van der Waals surface area contributed by atoms with Crippen molar-refractivity contribution in [3.05, 3.63) is 21.1 Å². The molecule has 0 saturated carbocycles. The number of nitrogen functional groups attached to an aromatic ring is 1. The largest absolute Gasteiger partial charge is 0.399 e. The van der Waals surface area contributed by atoms with E-state index in [0.29, 0.717) is 21.2 Å². The van der Waals surface area contributed by atoms with Crippen molar-refractivity contribution in [3.63, 3.8) is 0 Å². The van der Waals surface area contributed by atoms with Crippen LogP contribution in [0.2, 0.25) is 0 Å². The van der Waals surface area contributed by atoms with Gasteiger partial charge < -0.3 is 5.73 Å². The fraction of sp³-hybridized carbons (Fsp3) is 0.538. The van der Waals surface area contributed by atoms with Crippen molar-refractivity contribution in [1.29, 1.82) is 0 Å². The minimum Gasteiger partial charge on any atom is -0.399 e. The fourth-order valence-corrected chi connectivity index (χ4v) is 6.95. The van der Waals surface area contributed by atoms with Gasteiger partial charge in [0.15, 0.2) is 0 Å². The number of hydrogen-bond donors (Lipinski definition) is 1. The lowest BCUT2D eigenvalue weighted by molar-refractivity contribution is 0.246. The number of benzene rings is 1. The second-order valence-corrected chi connectivity index (χ2v) is 8.52. The molecular formula is C13H18Br2N2O2S. The van der Waals surface area contributed by atoms with Crippen LogP contribution in [0.4, 0.5) is 5.69 Å². The Morgan fingerprint density at radius 2 is 1.90 bits per heavy atom. The van der Waals surface area contributed by atoms with Gasteiger partial charge in [-0.2, -0.15) is 4.31 Å². The van der Waals surface area contributed by atoms with Crippen LogP contribution in [0, 0.1) is 0 Å². The summed E-state index contributed by atoms with van der Waals surface area (Å²) >= 11 is 6.65. The van der Waals surface area contributed by atoms with Gasteiger partial charge in [0.2, 0.25) is 10.0 Å². The van der Waals surface area contributed by atoms with Crippen molar-refractivity contribution < 1.29 is 8.42 Å². The summed E-state index contributed by atoms with van der Waals surface area (Å²) in [5.41, 5.74) is 6.26. The Morgan fingerprint density at radius 3 is 2.45 bits per heavy atom. The van der Waals surface area contributed by atoms with E-state index in [0.717, 1.165) is 25.7 Å². The molecule has 20 heavy (non-hydrogen) atoms. The average molecular weight is 426 g/mol. The molecule has 1 aliphatic rings. The van der Waals surface area contributed by atoms with Crippen LogP contribution in [0.1, 0.15) is 32.6 Å². The van der Waals surface area contributed by atoms with Crippen molar-refractivity contribution >= 4 is 47.6 Å². The third-order valence-corrected chi connectivity index (χ3v) is 7.46. The molecule has 2 N–H and O–H groups in total. The smallest absolute Gasteiger partial charge is 0.245 e. The van der Waals surface area contributed by atoms with Crippen LogP contribution in [-0.4, -0.2) is 25.3 Å². The minimum absolute atomic E-state index is 0.0881. The van der Waals surface area contributed by atoms with E-state index in [1.165, 1.54) is 0 Å². The van der Waals surface area contributed by atoms with Crippen LogP contribution in [0.15, 0.2) is 26.0 Å². The number of anilines is 1. The standard InChI is InChI=1S/C13H18Br2N2O2S/c1-2-10-5-3-4-6-17(10)20(18,19)13-11(14)7-9(16)8-12(13)15/h7-8,10H,2-6,16H2,1H3. The molecule has 0 radical (unpaired) electrons. The third-order valence-electron chi connectivity index (χ3n) is 3.63. The molecule has 0 bridgehead atoms. The Balaban J connectivity index is 2.49. The number of rotatable bonds is 3. The monoisotopic (exact) mass is 424 g/mol. The fourth-order valence-electron chi connectivity index (χ4n) is 2.64. The second-order valence-electron chi connectivity index (χ2n) is 4.99. The lowest BCUT2D eigenvalue weighted by atomic mass is 10.0. The molecular weight excluding hydrogens is 408 g/mol. The lowest BCUT2D eigenvalue weighted by Crippen LogP contribution is -2.43. The predicted molar refractivity (Wildman–Crippen MR) is 88.1 cm³/mol. The molecule has 4 nitrogen and oxygen atoms in total. The molecule has 1 saturated heterocycles. The summed E-state index contributed by atoms with van der Waals surface area (Å²) in [7, 11) is -3.52. The van der Waals surface area contributed by atoms with Gasteiger partial charge >= 0.3 is 0 Å². The molecule has 7 heteroatoms. The number of nitrogens with two attached hydrogens (primary N) is 1. The van der Waals surface area contributed by atoms with E-state index in [1.807, 2.05) is 6.92 Å². The molecule has 2 rings (SSSR count). The Morgan fingerprint density at radius 1 is 1.30 bits per heavy atom. The van der Waals surface area contributed by atoms with E-state index >= 15 is 0 Å². The number of sulfonamides is 1. The molecule has 0 aromatic heterocycles. The number of piperidine rings is 1. The van der Waals surface area contributed by atoms with E-state index < -0.39 is 10.0 Å². The maximum Gasteiger partial charge on any atom is 0.245 e. The Hall–Kier alpha value is -0.110. The minimum atomic E-state index is -3.52. The summed E-state index contributed by atoms with van der Waals surface area (Å²) in [6.45, 7) is 2.62. The van der Waals surface area contributed by atoms with Gasteiger partial charge in [0.1, 0.15) is 4.90 Å². The summed E-state index contributed by atoms with van der Waals surface area (Å²) in [6.07, 6.45) is 3.78. The van der Waals surface area contributed by atoms with Crippen LogP contribution < -0.4 is 5.73 Å². The molecule has 1 heterocycles. The van der Waals surface area contributed by atoms with Gasteiger partial charge in [-0.15, -0.1) is 0 Å². The highest BCUT2D eigenvalue weighted by atomic mass is 79.9. The predicted octanol–water partition coefficient (Wildman–Crippen LogP) is 3.75. The topological polar surface area (TPSA) is 63.4 Å². The Kier molecular flexibility index (Phi) is 5.15. The molecule has 0 amide bonds. The van der Waals surface area contributed by atoms with Crippen LogP contribution in [0.25, 0.3) is 0 Å². The molecule has 0 spiro atoms. The number of hydrogen-bond acceptors (Lipinski definition) is 3. The molecule has 0 aliphatic carbocycles. The molecule has 1 unspecified atom stereocenters. The first-order valence-corrected chi connectivity index (χ1v) is 9.67. The quantitative estimate of drug-likeness (QED) is 0.750. The van der Waals surface area contributed by atoms with Crippen LogP contribution >= 0.6 is 31.9 Å². The molecule has 1 aromatic carbocycles. The maximum atomic E-state index is 12.9. The highest BCUT2D eigenvalue weighted by Gasteiger charge is 2.35. The Bertz CT molecular complexity index is 581. The normalized spacial score (nSPS) is 21.1. The molecule has 1 atom stereocenters. The van der Waals surface area contributed by atoms with Crippen molar-refractivity contribution in [1.82, 2.24) is 4.31 Å². The summed E-state index contributed by atoms with van der Waals surface area (Å²) in [5.74, 6) is 0. The highest BCUT2D eigenvalue weighted by Crippen LogP contribution is 2.36. The van der Waals surface area contributed by atoms with Crippen molar-refractivity contribution in [2.45, 2.75) is 43.5 Å². The number of halogens is 2. The molecule has 1 aliphatic heterocycles. The first kappa shape index (κ1) is 16.3. The van der Waals surface area contributed by atoms with E-state index in [9.17, 15) is 8.42 Å². The second kappa shape index (κ2) is 6.34. The zero-order valence-electron chi connectivity index (χ0n) is 11.3. The van der Waals surface area contributed by atoms with Gasteiger partial charge in [0.05, 0.1) is 0 Å². The van der Waals surface area contributed by atoms with E-state index in [2.05, 4.69) is 31.9 Å². The van der Waals surface area contributed by atoms with Gasteiger partial charge in [0, 0.05) is 27.2 Å². The summed E-state index contributed by atoms with van der Waals surface area (Å²) in [6, 6.07) is 3.34. The van der Waals surface area contributed by atoms with E-state index in [4.69, 9.17) is 5.73 Å². The van der Waals surface area contributed by atoms with Gasteiger partial charge in [-0.05, 0) is 63.3 Å². The zero-order chi connectivity index (χ0) is 14.9. The first-order valence-electron chi connectivity index (χ1n) is 6.64. The van der Waals surface area contributed by atoms with Gasteiger partial charge in [0.25, 0.3) is 0 Å². The highest BCUT2D eigenvalue weighted by molar-refractivity contribution is 9.11. The van der Waals surface area contributed by atoms with Gasteiger partial charge in [-0.1, -0.05) is 13.3 Å². The summed E-state index contributed by atoms with van der Waals surface area (Å²) in [5, 5.41) is 0. The van der Waals surface area contributed by atoms with Gasteiger partial charge in [-0.3, -0.25) is 0 Å². The SMILES string of the molecule is CCC1CCCCN1S(=O)(=O)c1c(Br)cc(N)cc1Br. The summed E-state index contributed by atoms with van der Waals surface area (Å²) in [4.78, 5) is 0.270. The molecule has 1 aromatic rings. The van der Waals surface area contributed by atoms with E-state index in [-0.39, 0.29) is 10.9 Å². The van der Waals surface area contributed by atoms with Gasteiger partial charge in [-0.25, -0.2) is 8.42 Å². The lowest BCUT2D eigenvalue weighted by Gasteiger charge is -2.34. The molecule has 112 valence electrons. The zero-order valence-corrected chi connectivity index (χ0v) is 15.3. The number of nitrogens with zero attached hydrogens (tertiary/aromatic N) is 1.